The van der Waals surface area contributed by atoms with Crippen molar-refractivity contribution < 1.29 is 23.8 Å². The Morgan fingerprint density at radius 2 is 1.71 bits per heavy atom. The maximum Gasteiger partial charge on any atom is 0.259 e. The van der Waals surface area contributed by atoms with Crippen LogP contribution in [0.25, 0.3) is 0 Å². The van der Waals surface area contributed by atoms with E-state index in [1.165, 1.54) is 27.5 Å². The summed E-state index contributed by atoms with van der Waals surface area (Å²) in [5.41, 5.74) is 3.24. The maximum absolute atomic E-state index is 12.0. The first-order valence-electron chi connectivity index (χ1n) is 8.14. The number of rotatable bonds is 8. The van der Waals surface area contributed by atoms with Crippen LogP contribution in [-0.2, 0) is 4.79 Å². The standard InChI is InChI=1S/C19H20ClN3O5/c1-26-15-8-12(9-16(27-2)18(15)28-3)10-22-23-17(24)11-21-19(25)13-6-4-5-7-14(13)20/h4-10H,11H2,1-3H3,(H,21,25)(H,23,24)/b22-10+. The molecule has 0 aliphatic rings. The fourth-order valence-electron chi connectivity index (χ4n) is 2.30. The largest absolute Gasteiger partial charge is 0.493 e. The van der Waals surface area contributed by atoms with Crippen LogP contribution in [0, 0.1) is 0 Å². The molecule has 0 aliphatic carbocycles. The molecule has 0 spiro atoms. The van der Waals surface area contributed by atoms with Crippen LogP contribution < -0.4 is 25.0 Å². The van der Waals surface area contributed by atoms with Gasteiger partial charge in [-0.05, 0) is 24.3 Å². The molecule has 0 bridgehead atoms. The highest BCUT2D eigenvalue weighted by Gasteiger charge is 2.13. The summed E-state index contributed by atoms with van der Waals surface area (Å²) >= 11 is 5.94. The number of amides is 2. The Hall–Kier alpha value is -3.26. The van der Waals surface area contributed by atoms with Gasteiger partial charge < -0.3 is 19.5 Å². The summed E-state index contributed by atoms with van der Waals surface area (Å²) in [6.07, 6.45) is 1.41. The lowest BCUT2D eigenvalue weighted by atomic mass is 10.2. The fraction of sp³-hybridized carbons (Fsp3) is 0.211. The summed E-state index contributed by atoms with van der Waals surface area (Å²) in [6, 6.07) is 9.91. The summed E-state index contributed by atoms with van der Waals surface area (Å²) < 4.78 is 15.7. The minimum Gasteiger partial charge on any atom is -0.493 e. The molecule has 0 atom stereocenters. The van der Waals surface area contributed by atoms with Crippen LogP contribution in [-0.4, -0.2) is 45.9 Å². The van der Waals surface area contributed by atoms with Crippen LogP contribution >= 0.6 is 11.6 Å². The van der Waals surface area contributed by atoms with E-state index in [1.54, 1.807) is 36.4 Å². The van der Waals surface area contributed by atoms with Gasteiger partial charge in [-0.1, -0.05) is 23.7 Å². The number of nitrogens with zero attached hydrogens (tertiary/aromatic N) is 1. The van der Waals surface area contributed by atoms with Crippen LogP contribution in [0.15, 0.2) is 41.5 Å². The van der Waals surface area contributed by atoms with E-state index in [2.05, 4.69) is 15.8 Å². The highest BCUT2D eigenvalue weighted by molar-refractivity contribution is 6.33. The number of carbonyl (C=O) groups is 2. The molecule has 2 rings (SSSR count). The highest BCUT2D eigenvalue weighted by atomic mass is 35.5. The molecule has 0 fully saturated rings. The van der Waals surface area contributed by atoms with Crippen LogP contribution in [0.2, 0.25) is 5.02 Å². The molecule has 0 aromatic heterocycles. The van der Waals surface area contributed by atoms with Gasteiger partial charge in [0.05, 0.1) is 44.7 Å². The van der Waals surface area contributed by atoms with E-state index in [1.807, 2.05) is 0 Å². The summed E-state index contributed by atoms with van der Waals surface area (Å²) in [5, 5.41) is 6.64. The second-order valence-electron chi connectivity index (χ2n) is 5.41. The molecule has 9 heteroatoms. The topological polar surface area (TPSA) is 98.2 Å². The Morgan fingerprint density at radius 1 is 1.07 bits per heavy atom. The second kappa shape index (κ2) is 10.2. The van der Waals surface area contributed by atoms with Crippen molar-refractivity contribution in [1.82, 2.24) is 10.7 Å². The molecule has 0 saturated carbocycles. The number of benzene rings is 2. The smallest absolute Gasteiger partial charge is 0.259 e. The lowest BCUT2D eigenvalue weighted by Crippen LogP contribution is -2.35. The minimum atomic E-state index is -0.496. The van der Waals surface area contributed by atoms with Crippen LogP contribution in [0.1, 0.15) is 15.9 Å². The summed E-state index contributed by atoms with van der Waals surface area (Å²) in [5.74, 6) is 0.426. The molecular formula is C19H20ClN3O5. The van der Waals surface area contributed by atoms with E-state index in [9.17, 15) is 9.59 Å². The molecule has 0 radical (unpaired) electrons. The highest BCUT2D eigenvalue weighted by Crippen LogP contribution is 2.37. The lowest BCUT2D eigenvalue weighted by molar-refractivity contribution is -0.120. The van der Waals surface area contributed by atoms with E-state index >= 15 is 0 Å². The van der Waals surface area contributed by atoms with Crippen molar-refractivity contribution in [3.63, 3.8) is 0 Å². The molecule has 148 valence electrons. The van der Waals surface area contributed by atoms with E-state index in [0.717, 1.165) is 0 Å². The van der Waals surface area contributed by atoms with Gasteiger partial charge in [-0.25, -0.2) is 5.43 Å². The van der Waals surface area contributed by atoms with Gasteiger partial charge in [0.15, 0.2) is 11.5 Å². The van der Waals surface area contributed by atoms with E-state index in [0.29, 0.717) is 27.8 Å². The minimum absolute atomic E-state index is 0.253. The molecule has 0 heterocycles. The van der Waals surface area contributed by atoms with E-state index in [4.69, 9.17) is 25.8 Å². The average Bonchev–Trinajstić information content (AvgIpc) is 2.71. The molecule has 0 unspecified atom stereocenters. The first-order chi connectivity index (χ1) is 13.5. The molecule has 2 aromatic rings. The molecule has 2 aromatic carbocycles. The van der Waals surface area contributed by atoms with Gasteiger partial charge in [-0.15, -0.1) is 0 Å². The third kappa shape index (κ3) is 5.37. The zero-order valence-electron chi connectivity index (χ0n) is 15.6. The summed E-state index contributed by atoms with van der Waals surface area (Å²) in [6.45, 7) is -0.253. The monoisotopic (exact) mass is 405 g/mol. The number of hydrogen-bond donors (Lipinski definition) is 2. The Balaban J connectivity index is 1.94. The predicted octanol–water partition coefficient (Wildman–Crippen LogP) is 2.25. The Morgan fingerprint density at radius 3 is 2.29 bits per heavy atom. The number of ether oxygens (including phenoxy) is 3. The zero-order chi connectivity index (χ0) is 20.5. The fourth-order valence-corrected chi connectivity index (χ4v) is 2.52. The third-order valence-corrected chi connectivity index (χ3v) is 3.95. The SMILES string of the molecule is COc1cc(/C=N/NC(=O)CNC(=O)c2ccccc2Cl)cc(OC)c1OC. The van der Waals surface area contributed by atoms with Crippen molar-refractivity contribution in [3.05, 3.63) is 52.5 Å². The second-order valence-corrected chi connectivity index (χ2v) is 5.82. The molecular weight excluding hydrogens is 386 g/mol. The van der Waals surface area contributed by atoms with Crippen LogP contribution in [0.3, 0.4) is 0 Å². The zero-order valence-corrected chi connectivity index (χ0v) is 16.4. The number of methoxy groups -OCH3 is 3. The first kappa shape index (κ1) is 21.0. The predicted molar refractivity (Wildman–Crippen MR) is 106 cm³/mol. The number of halogens is 1. The summed E-state index contributed by atoms with van der Waals surface area (Å²) in [4.78, 5) is 23.9. The molecule has 28 heavy (non-hydrogen) atoms. The van der Waals surface area contributed by atoms with Gasteiger partial charge in [-0.3, -0.25) is 9.59 Å². The van der Waals surface area contributed by atoms with Crippen molar-refractivity contribution in [2.75, 3.05) is 27.9 Å². The normalized spacial score (nSPS) is 10.4. The molecule has 0 saturated heterocycles. The van der Waals surface area contributed by atoms with Crippen molar-refractivity contribution in [3.8, 4) is 17.2 Å². The van der Waals surface area contributed by atoms with Crippen LogP contribution in [0.4, 0.5) is 0 Å². The molecule has 2 N–H and O–H groups in total. The van der Waals surface area contributed by atoms with Gasteiger partial charge in [-0.2, -0.15) is 5.10 Å². The third-order valence-electron chi connectivity index (χ3n) is 3.62. The van der Waals surface area contributed by atoms with Gasteiger partial charge in [0.2, 0.25) is 5.75 Å². The summed E-state index contributed by atoms with van der Waals surface area (Å²) in [7, 11) is 4.51. The van der Waals surface area contributed by atoms with E-state index in [-0.39, 0.29) is 12.1 Å². The van der Waals surface area contributed by atoms with Gasteiger partial charge >= 0.3 is 0 Å². The first-order valence-corrected chi connectivity index (χ1v) is 8.52. The van der Waals surface area contributed by atoms with Gasteiger partial charge in [0, 0.05) is 5.56 Å². The van der Waals surface area contributed by atoms with E-state index < -0.39 is 11.8 Å². The number of hydrogen-bond acceptors (Lipinski definition) is 6. The maximum atomic E-state index is 12.0. The molecule has 8 nitrogen and oxygen atoms in total. The Kier molecular flexibility index (Phi) is 7.65. The van der Waals surface area contributed by atoms with Gasteiger partial charge in [0.25, 0.3) is 11.8 Å². The molecule has 0 aliphatic heterocycles. The van der Waals surface area contributed by atoms with Crippen LogP contribution in [0.5, 0.6) is 17.2 Å². The van der Waals surface area contributed by atoms with Crippen molar-refractivity contribution in [2.24, 2.45) is 5.10 Å². The van der Waals surface area contributed by atoms with Gasteiger partial charge in [0.1, 0.15) is 0 Å². The number of carbonyl (C=O) groups excluding carboxylic acids is 2. The quantitative estimate of drug-likeness (QED) is 0.518. The van der Waals surface area contributed by atoms with Crippen molar-refractivity contribution in [2.45, 2.75) is 0 Å². The molecule has 2 amide bonds. The lowest BCUT2D eigenvalue weighted by Gasteiger charge is -2.12. The Labute approximate surface area is 167 Å². The average molecular weight is 406 g/mol. The van der Waals surface area contributed by atoms with Crippen molar-refractivity contribution >= 4 is 29.6 Å². The Bertz CT molecular complexity index is 861. The number of hydrazone groups is 1. The van der Waals surface area contributed by atoms with Crippen molar-refractivity contribution in [1.29, 1.82) is 0 Å². The number of nitrogens with one attached hydrogen (secondary N) is 2.